The molecule has 0 aliphatic carbocycles. The number of carbonyl (C=O) groups excluding carboxylic acids is 1. The highest BCUT2D eigenvalue weighted by Gasteiger charge is 2.44. The van der Waals surface area contributed by atoms with Gasteiger partial charge >= 0.3 is 5.97 Å². The molecule has 9 heteroatoms. The summed E-state index contributed by atoms with van der Waals surface area (Å²) in [7, 11) is 0. The van der Waals surface area contributed by atoms with Gasteiger partial charge in [-0.3, -0.25) is 4.79 Å². The number of carbonyl (C=O) groups is 1. The lowest BCUT2D eigenvalue weighted by atomic mass is 9.99. The second-order valence-corrected chi connectivity index (χ2v) is 13.7. The molecule has 0 aromatic carbocycles. The van der Waals surface area contributed by atoms with Crippen LogP contribution in [0, 0.1) is 0 Å². The standard InChI is InChI=1S/C38H74O9/c1-3-5-7-9-11-13-15-17-19-21-23-25-27-34(40)46-32(31-45-38-37(43)36(42)35(41)33(29-39)47-38)30-44-28-26-24-22-20-18-16-14-12-10-8-6-4-2/h32-33,35-39,41-43H,3-31H2,1-2H3. The zero-order valence-electron chi connectivity index (χ0n) is 30.3. The largest absolute Gasteiger partial charge is 0.457 e. The third-order valence-electron chi connectivity index (χ3n) is 9.27. The van der Waals surface area contributed by atoms with E-state index >= 15 is 0 Å². The van der Waals surface area contributed by atoms with E-state index in [-0.39, 0.29) is 19.2 Å². The van der Waals surface area contributed by atoms with Crippen LogP contribution in [0.1, 0.15) is 174 Å². The number of aliphatic hydroxyl groups is 4. The maximum absolute atomic E-state index is 12.7. The Kier molecular flexibility index (Phi) is 29.3. The molecule has 1 saturated heterocycles. The number of ether oxygens (including phenoxy) is 4. The van der Waals surface area contributed by atoms with Crippen molar-refractivity contribution in [1.82, 2.24) is 0 Å². The van der Waals surface area contributed by atoms with E-state index in [1.807, 2.05) is 0 Å². The lowest BCUT2D eigenvalue weighted by molar-refractivity contribution is -0.305. The normalized spacial score (nSPS) is 22.0. The summed E-state index contributed by atoms with van der Waals surface area (Å²) in [6, 6.07) is 0. The van der Waals surface area contributed by atoms with E-state index in [1.165, 1.54) is 122 Å². The van der Waals surface area contributed by atoms with E-state index in [2.05, 4.69) is 13.8 Å². The molecule has 1 heterocycles. The highest BCUT2D eigenvalue weighted by Crippen LogP contribution is 2.22. The van der Waals surface area contributed by atoms with Crippen LogP contribution in [-0.2, 0) is 23.7 Å². The third kappa shape index (κ3) is 23.3. The number of hydrogen-bond acceptors (Lipinski definition) is 9. The molecule has 4 N–H and O–H groups in total. The van der Waals surface area contributed by atoms with Gasteiger partial charge in [0, 0.05) is 13.0 Å². The van der Waals surface area contributed by atoms with Gasteiger partial charge in [-0.1, -0.05) is 155 Å². The van der Waals surface area contributed by atoms with Crippen molar-refractivity contribution < 1.29 is 44.2 Å². The molecule has 6 atom stereocenters. The molecule has 0 saturated carbocycles. The number of unbranched alkanes of at least 4 members (excludes halogenated alkanes) is 22. The van der Waals surface area contributed by atoms with E-state index in [1.54, 1.807) is 0 Å². The van der Waals surface area contributed by atoms with Crippen LogP contribution in [0.3, 0.4) is 0 Å². The minimum atomic E-state index is -1.53. The van der Waals surface area contributed by atoms with Gasteiger partial charge in [0.2, 0.25) is 0 Å². The van der Waals surface area contributed by atoms with Crippen LogP contribution in [0.4, 0.5) is 0 Å². The van der Waals surface area contributed by atoms with Gasteiger partial charge in [-0.2, -0.15) is 0 Å². The third-order valence-corrected chi connectivity index (χ3v) is 9.27. The molecule has 0 aromatic rings. The molecular formula is C38H74O9. The van der Waals surface area contributed by atoms with Gasteiger partial charge in [0.1, 0.15) is 30.5 Å². The van der Waals surface area contributed by atoms with E-state index in [9.17, 15) is 25.2 Å². The molecule has 1 aliphatic rings. The zero-order chi connectivity index (χ0) is 34.4. The molecule has 0 amide bonds. The molecule has 0 bridgehead atoms. The monoisotopic (exact) mass is 675 g/mol. The van der Waals surface area contributed by atoms with Crippen molar-refractivity contribution in [1.29, 1.82) is 0 Å². The van der Waals surface area contributed by atoms with Crippen LogP contribution in [0.15, 0.2) is 0 Å². The molecule has 0 spiro atoms. The molecule has 1 rings (SSSR count). The van der Waals surface area contributed by atoms with Gasteiger partial charge in [-0.15, -0.1) is 0 Å². The van der Waals surface area contributed by atoms with Crippen molar-refractivity contribution in [3.8, 4) is 0 Å². The van der Waals surface area contributed by atoms with Crippen LogP contribution >= 0.6 is 0 Å². The predicted molar refractivity (Wildman–Crippen MR) is 187 cm³/mol. The smallest absolute Gasteiger partial charge is 0.306 e. The van der Waals surface area contributed by atoms with Gasteiger partial charge in [0.15, 0.2) is 6.29 Å². The van der Waals surface area contributed by atoms with Crippen molar-refractivity contribution >= 4 is 5.97 Å². The van der Waals surface area contributed by atoms with E-state index < -0.39 is 43.4 Å². The summed E-state index contributed by atoms with van der Waals surface area (Å²) in [4.78, 5) is 12.7. The van der Waals surface area contributed by atoms with Crippen molar-refractivity contribution in [2.24, 2.45) is 0 Å². The maximum Gasteiger partial charge on any atom is 0.306 e. The lowest BCUT2D eigenvalue weighted by Gasteiger charge is -2.39. The minimum Gasteiger partial charge on any atom is -0.457 e. The minimum absolute atomic E-state index is 0.106. The highest BCUT2D eigenvalue weighted by atomic mass is 16.7. The Labute approximate surface area is 287 Å². The molecule has 1 fully saturated rings. The average molecular weight is 675 g/mol. The molecule has 0 radical (unpaired) electrons. The van der Waals surface area contributed by atoms with E-state index in [4.69, 9.17) is 18.9 Å². The van der Waals surface area contributed by atoms with Crippen molar-refractivity contribution in [2.75, 3.05) is 26.4 Å². The summed E-state index contributed by atoms with van der Waals surface area (Å²) in [6.07, 6.45) is 22.6. The van der Waals surface area contributed by atoms with Gasteiger partial charge in [0.05, 0.1) is 19.8 Å². The summed E-state index contributed by atoms with van der Waals surface area (Å²) in [5.74, 6) is -0.312. The fourth-order valence-electron chi connectivity index (χ4n) is 6.14. The lowest BCUT2D eigenvalue weighted by Crippen LogP contribution is -2.59. The van der Waals surface area contributed by atoms with E-state index in [0.717, 1.165) is 32.1 Å². The van der Waals surface area contributed by atoms with Crippen molar-refractivity contribution in [2.45, 2.75) is 211 Å². The second kappa shape index (κ2) is 31.2. The second-order valence-electron chi connectivity index (χ2n) is 13.7. The fraction of sp³-hybridized carbons (Fsp3) is 0.974. The van der Waals surface area contributed by atoms with Crippen molar-refractivity contribution in [3.63, 3.8) is 0 Å². The van der Waals surface area contributed by atoms with Crippen molar-refractivity contribution in [3.05, 3.63) is 0 Å². The van der Waals surface area contributed by atoms with Gasteiger partial charge in [-0.05, 0) is 12.8 Å². The highest BCUT2D eigenvalue weighted by molar-refractivity contribution is 5.69. The summed E-state index contributed by atoms with van der Waals surface area (Å²) in [5, 5.41) is 39.9. The predicted octanol–water partition coefficient (Wildman–Crippen LogP) is 7.52. The van der Waals surface area contributed by atoms with Crippen LogP contribution in [0.25, 0.3) is 0 Å². The molecular weight excluding hydrogens is 600 g/mol. The van der Waals surface area contributed by atoms with Crippen LogP contribution in [-0.4, -0.2) is 89.6 Å². The van der Waals surface area contributed by atoms with Gasteiger partial charge in [-0.25, -0.2) is 0 Å². The summed E-state index contributed by atoms with van der Waals surface area (Å²) >= 11 is 0. The quantitative estimate of drug-likeness (QED) is 0.0412. The summed E-state index contributed by atoms with van der Waals surface area (Å²) in [6.45, 7) is 4.57. The van der Waals surface area contributed by atoms with Gasteiger partial charge in [0.25, 0.3) is 0 Å². The maximum atomic E-state index is 12.7. The first-order valence-corrected chi connectivity index (χ1v) is 19.6. The zero-order valence-corrected chi connectivity index (χ0v) is 30.3. The SMILES string of the molecule is CCCCCCCCCCCCCCOCC(COC1OC(CO)C(O)C(O)C1O)OC(=O)CCCCCCCCCCCCCC. The Hall–Kier alpha value is -0.810. The first-order chi connectivity index (χ1) is 22.9. The molecule has 280 valence electrons. The van der Waals surface area contributed by atoms with Crippen LogP contribution < -0.4 is 0 Å². The molecule has 9 nitrogen and oxygen atoms in total. The summed E-state index contributed by atoms with van der Waals surface area (Å²) in [5.41, 5.74) is 0. The first kappa shape index (κ1) is 44.2. The number of rotatable bonds is 33. The Bertz CT molecular complexity index is 692. The summed E-state index contributed by atoms with van der Waals surface area (Å²) < 4.78 is 22.7. The molecule has 1 aliphatic heterocycles. The Morgan fingerprint density at radius 2 is 1.04 bits per heavy atom. The Morgan fingerprint density at radius 1 is 0.596 bits per heavy atom. The molecule has 47 heavy (non-hydrogen) atoms. The molecule has 6 unspecified atom stereocenters. The van der Waals surface area contributed by atoms with E-state index in [0.29, 0.717) is 13.0 Å². The number of esters is 1. The topological polar surface area (TPSA) is 135 Å². The Morgan fingerprint density at radius 3 is 1.51 bits per heavy atom. The first-order valence-electron chi connectivity index (χ1n) is 19.6. The average Bonchev–Trinajstić information content (AvgIpc) is 3.07. The number of hydrogen-bond donors (Lipinski definition) is 4. The van der Waals surface area contributed by atoms with Crippen LogP contribution in [0.2, 0.25) is 0 Å². The molecule has 0 aromatic heterocycles. The van der Waals surface area contributed by atoms with Crippen LogP contribution in [0.5, 0.6) is 0 Å². The fourth-order valence-corrected chi connectivity index (χ4v) is 6.14. The Balaban J connectivity index is 2.32. The number of aliphatic hydroxyl groups excluding tert-OH is 4. The van der Waals surface area contributed by atoms with Gasteiger partial charge < -0.3 is 39.4 Å².